The second-order valence-electron chi connectivity index (χ2n) is 6.42. The highest BCUT2D eigenvalue weighted by atomic mass is 32.2. The number of rotatable bonds is 1. The van der Waals surface area contributed by atoms with Gasteiger partial charge in [0.25, 0.3) is 0 Å². The van der Waals surface area contributed by atoms with Crippen LogP contribution < -0.4 is 0 Å². The molecule has 1 aliphatic carbocycles. The highest BCUT2D eigenvalue weighted by molar-refractivity contribution is 7.99. The Hall–Kier alpha value is -2.76. The molecular formula is C19H13F3N4S. The van der Waals surface area contributed by atoms with Crippen LogP contribution in [0.15, 0.2) is 35.9 Å². The summed E-state index contributed by atoms with van der Waals surface area (Å²) in [7, 11) is 0. The number of thioether (sulfide) groups is 1. The van der Waals surface area contributed by atoms with Crippen molar-refractivity contribution >= 4 is 17.5 Å². The van der Waals surface area contributed by atoms with Crippen LogP contribution in [0, 0.1) is 56.7 Å². The minimum atomic E-state index is -4.66. The molecule has 1 heterocycles. The van der Waals surface area contributed by atoms with Crippen molar-refractivity contribution in [2.24, 2.45) is 17.3 Å². The first-order valence-electron chi connectivity index (χ1n) is 8.06. The molecule has 1 aromatic carbocycles. The minimum Gasteiger partial charge on any atom is -0.305 e. The van der Waals surface area contributed by atoms with Gasteiger partial charge in [-0.3, -0.25) is 0 Å². The monoisotopic (exact) mass is 386 g/mol. The van der Waals surface area contributed by atoms with Crippen molar-refractivity contribution < 1.29 is 13.2 Å². The molecule has 0 bridgehead atoms. The summed E-state index contributed by atoms with van der Waals surface area (Å²) >= 11 is 1.47. The number of nitriles is 3. The van der Waals surface area contributed by atoms with Crippen LogP contribution in [0.5, 0.6) is 0 Å². The second-order valence-corrected chi connectivity index (χ2v) is 7.49. The summed E-state index contributed by atoms with van der Waals surface area (Å²) < 4.78 is 40.9. The normalized spacial score (nSPS) is 26.7. The van der Waals surface area contributed by atoms with Crippen molar-refractivity contribution in [3.8, 4) is 18.2 Å². The maximum atomic E-state index is 13.6. The molecule has 3 rings (SSSR count). The van der Waals surface area contributed by atoms with Gasteiger partial charge in [-0.2, -0.15) is 40.7 Å². The van der Waals surface area contributed by atoms with Crippen LogP contribution in [0.3, 0.4) is 0 Å². The first kappa shape index (κ1) is 19.0. The molecule has 8 heteroatoms. The number of hydrogen-bond donors (Lipinski definition) is 1. The van der Waals surface area contributed by atoms with Crippen LogP contribution in [0.25, 0.3) is 0 Å². The van der Waals surface area contributed by atoms with E-state index in [1.807, 2.05) is 6.07 Å². The van der Waals surface area contributed by atoms with E-state index in [9.17, 15) is 29.0 Å². The highest BCUT2D eigenvalue weighted by Crippen LogP contribution is 2.56. The molecule has 0 spiro atoms. The summed E-state index contributed by atoms with van der Waals surface area (Å²) in [6, 6.07) is 10.5. The Morgan fingerprint density at radius 2 is 1.81 bits per heavy atom. The summed E-state index contributed by atoms with van der Waals surface area (Å²) in [5.74, 6) is -1.85. The van der Waals surface area contributed by atoms with Gasteiger partial charge in [0.1, 0.15) is 5.92 Å². The van der Waals surface area contributed by atoms with Crippen molar-refractivity contribution in [3.63, 3.8) is 0 Å². The van der Waals surface area contributed by atoms with E-state index in [0.717, 1.165) is 6.07 Å². The summed E-state index contributed by atoms with van der Waals surface area (Å²) in [5, 5.41) is 37.5. The second kappa shape index (κ2) is 6.76. The highest BCUT2D eigenvalue weighted by Gasteiger charge is 2.58. The number of nitrogens with zero attached hydrogens (tertiary/aromatic N) is 3. The zero-order valence-corrected chi connectivity index (χ0v) is 14.7. The van der Waals surface area contributed by atoms with Crippen molar-refractivity contribution in [3.05, 3.63) is 47.0 Å². The Balaban J connectivity index is 2.33. The average molecular weight is 386 g/mol. The van der Waals surface area contributed by atoms with E-state index < -0.39 is 40.6 Å². The number of halogens is 3. The molecule has 0 radical (unpaired) electrons. The fraction of sp³-hybridized carbons (Fsp3) is 0.368. The van der Waals surface area contributed by atoms with E-state index >= 15 is 0 Å². The standard InChI is InChI=1S/C19H13F3N4S/c20-19(21,22)15-4-2-1-3-12(15)16-14-8-27-6-5-11(14)13(7-23)17(26)18(16,9-24)10-25/h1-5,13-14,16,26H,6,8H2/t13-,14-,16-/m1/s1. The van der Waals surface area contributed by atoms with Crippen LogP contribution in [-0.2, 0) is 6.18 Å². The van der Waals surface area contributed by atoms with Crippen molar-refractivity contribution in [2.75, 3.05) is 11.5 Å². The van der Waals surface area contributed by atoms with Gasteiger partial charge in [-0.1, -0.05) is 24.3 Å². The van der Waals surface area contributed by atoms with E-state index in [4.69, 9.17) is 5.41 Å². The molecule has 0 amide bonds. The minimum absolute atomic E-state index is 0.173. The van der Waals surface area contributed by atoms with Crippen molar-refractivity contribution in [1.29, 1.82) is 21.2 Å². The molecule has 1 aromatic rings. The summed E-state index contributed by atoms with van der Waals surface area (Å²) in [6.07, 6.45) is -2.91. The molecule has 3 atom stereocenters. The van der Waals surface area contributed by atoms with E-state index in [1.54, 1.807) is 18.2 Å². The quantitative estimate of drug-likeness (QED) is 0.729. The van der Waals surface area contributed by atoms with E-state index in [0.29, 0.717) is 17.1 Å². The summed E-state index contributed by atoms with van der Waals surface area (Å²) in [6.45, 7) is 0. The van der Waals surface area contributed by atoms with Crippen molar-refractivity contribution in [1.82, 2.24) is 0 Å². The molecule has 4 nitrogen and oxygen atoms in total. The summed E-state index contributed by atoms with van der Waals surface area (Å²) in [4.78, 5) is 0. The molecule has 136 valence electrons. The number of fused-ring (bicyclic) bond motifs is 1. The van der Waals surface area contributed by atoms with E-state index in [-0.39, 0.29) is 5.56 Å². The van der Waals surface area contributed by atoms with Crippen LogP contribution in [-0.4, -0.2) is 17.2 Å². The van der Waals surface area contributed by atoms with Crippen LogP contribution in [0.1, 0.15) is 17.0 Å². The lowest BCUT2D eigenvalue weighted by molar-refractivity contribution is -0.138. The SMILES string of the molecule is N#C[C@H]1C(=N)C(C#N)(C#N)[C@H](c2ccccc2C(F)(F)F)[C@@H]2CSCC=C12. The van der Waals surface area contributed by atoms with Gasteiger partial charge >= 0.3 is 6.18 Å². The van der Waals surface area contributed by atoms with Crippen LogP contribution in [0.4, 0.5) is 13.2 Å². The van der Waals surface area contributed by atoms with Crippen molar-refractivity contribution in [2.45, 2.75) is 12.1 Å². The van der Waals surface area contributed by atoms with Gasteiger partial charge in [0.15, 0.2) is 5.41 Å². The Bertz CT molecular complexity index is 931. The molecule has 2 aliphatic rings. The number of allylic oxidation sites excluding steroid dienone is 1. The maximum Gasteiger partial charge on any atom is 0.416 e. The van der Waals surface area contributed by atoms with E-state index in [2.05, 4.69) is 0 Å². The molecule has 1 N–H and O–H groups in total. The molecule has 27 heavy (non-hydrogen) atoms. The van der Waals surface area contributed by atoms with Gasteiger partial charge in [-0.25, -0.2) is 0 Å². The van der Waals surface area contributed by atoms with Gasteiger partial charge in [0.2, 0.25) is 0 Å². The Morgan fingerprint density at radius 1 is 1.15 bits per heavy atom. The molecule has 0 unspecified atom stereocenters. The number of alkyl halides is 3. The fourth-order valence-corrected chi connectivity index (χ4v) is 5.07. The Labute approximate surface area is 158 Å². The van der Waals surface area contributed by atoms with Gasteiger partial charge in [-0.05, 0) is 17.2 Å². The third kappa shape index (κ3) is 2.80. The lowest BCUT2D eigenvalue weighted by Crippen LogP contribution is -2.50. The van der Waals surface area contributed by atoms with Gasteiger partial charge in [0.05, 0.1) is 29.5 Å². The van der Waals surface area contributed by atoms with Crippen LogP contribution >= 0.6 is 11.8 Å². The lowest BCUT2D eigenvalue weighted by atomic mass is 9.54. The molecule has 1 aliphatic heterocycles. The Morgan fingerprint density at radius 3 is 2.41 bits per heavy atom. The molecular weight excluding hydrogens is 373 g/mol. The van der Waals surface area contributed by atoms with E-state index in [1.165, 1.54) is 30.0 Å². The topological polar surface area (TPSA) is 95.2 Å². The number of benzene rings is 1. The Kier molecular flexibility index (Phi) is 4.76. The third-order valence-electron chi connectivity index (χ3n) is 5.16. The predicted octanol–water partition coefficient (Wildman–Crippen LogP) is 4.29. The third-order valence-corrected chi connectivity index (χ3v) is 6.16. The number of hydrogen-bond acceptors (Lipinski definition) is 5. The van der Waals surface area contributed by atoms with Gasteiger partial charge in [-0.15, -0.1) is 0 Å². The molecule has 0 saturated heterocycles. The molecule has 1 saturated carbocycles. The first-order valence-corrected chi connectivity index (χ1v) is 9.22. The average Bonchev–Trinajstić information content (AvgIpc) is 2.66. The van der Waals surface area contributed by atoms with Gasteiger partial charge < -0.3 is 5.41 Å². The van der Waals surface area contributed by atoms with Gasteiger partial charge in [0, 0.05) is 23.3 Å². The molecule has 0 aromatic heterocycles. The molecule has 1 fully saturated rings. The summed E-state index contributed by atoms with van der Waals surface area (Å²) in [5.41, 5.74) is -3.10. The number of nitrogens with one attached hydrogen (secondary N) is 1. The predicted molar refractivity (Wildman–Crippen MR) is 93.6 cm³/mol. The first-order chi connectivity index (χ1) is 12.8. The fourth-order valence-electron chi connectivity index (χ4n) is 3.98. The van der Waals surface area contributed by atoms with Crippen LogP contribution in [0.2, 0.25) is 0 Å². The zero-order valence-electron chi connectivity index (χ0n) is 13.9. The largest absolute Gasteiger partial charge is 0.416 e. The smallest absolute Gasteiger partial charge is 0.305 e. The maximum absolute atomic E-state index is 13.6. The lowest BCUT2D eigenvalue weighted by Gasteiger charge is -2.46. The zero-order chi connectivity index (χ0) is 19.8.